The number of non-ortho nitro benzene ring substituents is 1. The van der Waals surface area contributed by atoms with Crippen molar-refractivity contribution in [1.29, 1.82) is 0 Å². The third-order valence-corrected chi connectivity index (χ3v) is 9.50. The molecule has 0 saturated carbocycles. The van der Waals surface area contributed by atoms with Crippen LogP contribution in [-0.2, 0) is 33.1 Å². The average molecular weight is 637 g/mol. The fourth-order valence-corrected chi connectivity index (χ4v) is 7.53. The van der Waals surface area contributed by atoms with Gasteiger partial charge in [0.15, 0.2) is 13.4 Å². The highest BCUT2D eigenvalue weighted by atomic mass is 32.2. The highest BCUT2D eigenvalue weighted by molar-refractivity contribution is 8.14. The molecular weight excluding hydrogens is 600 g/mol. The Kier molecular flexibility index (Phi) is 10.6. The molecule has 0 aliphatic carbocycles. The number of β-lactam (4-membered cyclic amide) rings is 1. The molecule has 0 unspecified atom stereocenters. The molecule has 2 heterocycles. The second kappa shape index (κ2) is 13.4. The standard InChI is InChI=1S/C27H36N4O10SSi/c1-14(27(37)42-18-12-19(28-13-18)22(32)29(3)4)21-20(15(2)41-43(5,6)7)23(33)30(21)24(34)26(36)40-25(35)16-8-10-17(11-9-16)31(38)39/h8-11,14-15,18-21,28H,12-13H2,1-7H3/t14-,15-,18+,19+,20+,21+/m0/s1. The van der Waals surface area contributed by atoms with Crippen molar-refractivity contribution in [1.82, 2.24) is 15.1 Å². The van der Waals surface area contributed by atoms with Crippen LogP contribution in [0, 0.1) is 22.0 Å². The van der Waals surface area contributed by atoms with E-state index in [1.54, 1.807) is 27.9 Å². The molecule has 1 N–H and O–H groups in total. The van der Waals surface area contributed by atoms with Crippen LogP contribution in [0.5, 0.6) is 0 Å². The maximum Gasteiger partial charge on any atom is 0.405 e. The molecule has 0 radical (unpaired) electrons. The van der Waals surface area contributed by atoms with Crippen molar-refractivity contribution in [3.05, 3.63) is 39.9 Å². The third-order valence-electron chi connectivity index (χ3n) is 7.12. The monoisotopic (exact) mass is 636 g/mol. The van der Waals surface area contributed by atoms with E-state index in [0.717, 1.165) is 36.0 Å². The van der Waals surface area contributed by atoms with Gasteiger partial charge in [0.1, 0.15) is 0 Å². The number of benzene rings is 1. The number of nitrogens with zero attached hydrogens (tertiary/aromatic N) is 3. The first-order valence-electron chi connectivity index (χ1n) is 13.6. The molecule has 234 valence electrons. The van der Waals surface area contributed by atoms with Gasteiger partial charge in [-0.2, -0.15) is 0 Å². The van der Waals surface area contributed by atoms with E-state index in [1.165, 1.54) is 4.90 Å². The number of nitrogens with one attached hydrogen (secondary N) is 1. The minimum absolute atomic E-state index is 0.107. The molecule has 14 nitrogen and oxygen atoms in total. The van der Waals surface area contributed by atoms with Crippen molar-refractivity contribution in [2.75, 3.05) is 20.6 Å². The Balaban J connectivity index is 1.76. The number of thioether (sulfide) groups is 1. The van der Waals surface area contributed by atoms with Crippen molar-refractivity contribution in [3.63, 3.8) is 0 Å². The molecule has 2 fully saturated rings. The number of hydrogen-bond acceptors (Lipinski definition) is 12. The minimum atomic E-state index is -2.15. The molecule has 16 heteroatoms. The summed E-state index contributed by atoms with van der Waals surface area (Å²) in [6.07, 6.45) is -0.247. The van der Waals surface area contributed by atoms with Gasteiger partial charge in [-0.25, -0.2) is 9.59 Å². The summed E-state index contributed by atoms with van der Waals surface area (Å²) in [4.78, 5) is 89.6. The number of esters is 2. The summed E-state index contributed by atoms with van der Waals surface area (Å²) in [6.45, 7) is 9.42. The Bertz CT molecular complexity index is 1320. The lowest BCUT2D eigenvalue weighted by molar-refractivity contribution is -0.384. The number of amides is 3. The number of carbonyl (C=O) groups excluding carboxylic acids is 6. The number of carbonyl (C=O) groups is 6. The van der Waals surface area contributed by atoms with Gasteiger partial charge >= 0.3 is 17.8 Å². The van der Waals surface area contributed by atoms with E-state index in [0.29, 0.717) is 17.9 Å². The molecular formula is C27H36N4O10SSi. The van der Waals surface area contributed by atoms with E-state index in [2.05, 4.69) is 10.1 Å². The summed E-state index contributed by atoms with van der Waals surface area (Å²) in [6, 6.07) is 2.72. The first-order valence-corrected chi connectivity index (χ1v) is 17.9. The van der Waals surface area contributed by atoms with Crippen molar-refractivity contribution in [2.45, 2.75) is 63.3 Å². The van der Waals surface area contributed by atoms with Crippen LogP contribution in [0.2, 0.25) is 19.6 Å². The number of ether oxygens (including phenoxy) is 1. The lowest BCUT2D eigenvalue weighted by Gasteiger charge is -2.50. The number of nitro groups is 1. The van der Waals surface area contributed by atoms with Gasteiger partial charge in [-0.15, -0.1) is 0 Å². The smallest absolute Gasteiger partial charge is 0.405 e. The zero-order valence-corrected chi connectivity index (χ0v) is 26.8. The molecule has 2 saturated heterocycles. The Hall–Kier alpha value is -3.47. The lowest BCUT2D eigenvalue weighted by atomic mass is 9.76. The molecule has 1 aromatic carbocycles. The molecule has 2 aliphatic heterocycles. The van der Waals surface area contributed by atoms with Gasteiger partial charge in [0.2, 0.25) is 11.8 Å². The van der Waals surface area contributed by atoms with Gasteiger partial charge in [-0.05, 0) is 45.1 Å². The average Bonchev–Trinajstić information content (AvgIpc) is 3.37. The van der Waals surface area contributed by atoms with E-state index < -0.39 is 67.0 Å². The molecule has 0 spiro atoms. The van der Waals surface area contributed by atoms with Crippen LogP contribution in [0.1, 0.15) is 30.6 Å². The first kappa shape index (κ1) is 34.0. The topological polar surface area (TPSA) is 183 Å². The quantitative estimate of drug-likeness (QED) is 0.0787. The summed E-state index contributed by atoms with van der Waals surface area (Å²) >= 11 is 1.02. The highest BCUT2D eigenvalue weighted by Gasteiger charge is 2.58. The van der Waals surface area contributed by atoms with Crippen molar-refractivity contribution < 1.29 is 42.9 Å². The molecule has 0 aromatic heterocycles. The number of hydrogen-bond donors (Lipinski definition) is 1. The second-order valence-electron chi connectivity index (χ2n) is 11.7. The number of nitro benzene ring substituents is 1. The predicted octanol–water partition coefficient (Wildman–Crippen LogP) is 1.59. The predicted molar refractivity (Wildman–Crippen MR) is 157 cm³/mol. The second-order valence-corrected chi connectivity index (χ2v) is 17.5. The summed E-state index contributed by atoms with van der Waals surface area (Å²) < 4.78 is 10.8. The highest BCUT2D eigenvalue weighted by Crippen LogP contribution is 2.39. The molecule has 0 bridgehead atoms. The molecule has 43 heavy (non-hydrogen) atoms. The van der Waals surface area contributed by atoms with Crippen LogP contribution in [0.3, 0.4) is 0 Å². The Labute approximate surface area is 254 Å². The zero-order chi connectivity index (χ0) is 32.4. The van der Waals surface area contributed by atoms with Crippen molar-refractivity contribution in [3.8, 4) is 0 Å². The maximum atomic E-state index is 13.4. The third kappa shape index (κ3) is 7.93. The van der Waals surface area contributed by atoms with Crippen LogP contribution >= 0.6 is 11.8 Å². The summed E-state index contributed by atoms with van der Waals surface area (Å²) in [5.41, 5.74) is -0.511. The first-order chi connectivity index (χ1) is 19.9. The maximum absolute atomic E-state index is 13.4. The largest absolute Gasteiger partial charge is 0.414 e. The van der Waals surface area contributed by atoms with Gasteiger partial charge in [0, 0.05) is 43.9 Å². The number of rotatable bonds is 9. The van der Waals surface area contributed by atoms with E-state index in [-0.39, 0.29) is 27.5 Å². The number of imide groups is 1. The van der Waals surface area contributed by atoms with Gasteiger partial charge in [0.25, 0.3) is 5.69 Å². The molecule has 1 aromatic rings. The van der Waals surface area contributed by atoms with Crippen LogP contribution < -0.4 is 5.32 Å². The van der Waals surface area contributed by atoms with Crippen molar-refractivity contribution in [2.24, 2.45) is 11.8 Å². The fourth-order valence-electron chi connectivity index (χ4n) is 5.12. The summed E-state index contributed by atoms with van der Waals surface area (Å²) in [5.74, 6) is -6.93. The zero-order valence-electron chi connectivity index (χ0n) is 25.0. The molecule has 3 rings (SSSR count). The van der Waals surface area contributed by atoms with E-state index >= 15 is 0 Å². The molecule has 2 aliphatic rings. The molecule has 3 amide bonds. The lowest BCUT2D eigenvalue weighted by Crippen LogP contribution is -2.70. The van der Waals surface area contributed by atoms with Crippen LogP contribution in [0.4, 0.5) is 5.69 Å². The van der Waals surface area contributed by atoms with Crippen molar-refractivity contribution >= 4 is 60.5 Å². The van der Waals surface area contributed by atoms with Crippen LogP contribution in [-0.4, -0.2) is 102 Å². The van der Waals surface area contributed by atoms with Gasteiger partial charge in [0.05, 0.1) is 34.6 Å². The number of likely N-dealkylation sites (N-methyl/N-ethyl adjacent to an activating group) is 1. The SMILES string of the molecule is C[C@H](O[Si](C)(C)C)[C@H]1C(=O)N(C(=O)C(=O)OC(=O)c2ccc([N+](=O)[O-])cc2)[C@@H]1[C@H](C)C(=O)S[C@H]1CN[C@@H](C(=O)N(C)C)C1. The Morgan fingerprint density at radius 3 is 2.26 bits per heavy atom. The van der Waals surface area contributed by atoms with Gasteiger partial charge < -0.3 is 19.4 Å². The van der Waals surface area contributed by atoms with Gasteiger partial charge in [-0.3, -0.25) is 34.2 Å². The van der Waals surface area contributed by atoms with E-state index in [4.69, 9.17) is 4.43 Å². The van der Waals surface area contributed by atoms with E-state index in [9.17, 15) is 38.9 Å². The van der Waals surface area contributed by atoms with E-state index in [1.807, 2.05) is 19.6 Å². The molecule has 6 atom stereocenters. The number of likely N-dealkylation sites (tertiary alicyclic amines) is 1. The summed E-state index contributed by atoms with van der Waals surface area (Å²) in [7, 11) is 1.13. The minimum Gasteiger partial charge on any atom is -0.414 e. The van der Waals surface area contributed by atoms with Crippen LogP contribution in [0.15, 0.2) is 24.3 Å². The fraction of sp³-hybridized carbons (Fsp3) is 0.556. The normalized spacial score (nSPS) is 23.1. The summed E-state index contributed by atoms with van der Waals surface area (Å²) in [5, 5.41) is 13.4. The van der Waals surface area contributed by atoms with Crippen LogP contribution in [0.25, 0.3) is 0 Å². The van der Waals surface area contributed by atoms with Gasteiger partial charge in [-0.1, -0.05) is 18.7 Å². The Morgan fingerprint density at radius 1 is 1.12 bits per heavy atom. The Morgan fingerprint density at radius 2 is 1.72 bits per heavy atom.